The molecule has 1 unspecified atom stereocenters. The summed E-state index contributed by atoms with van der Waals surface area (Å²) in [5, 5.41) is 11.7. The Morgan fingerprint density at radius 2 is 1.80 bits per heavy atom. The van der Waals surface area contributed by atoms with E-state index in [9.17, 15) is 14.4 Å². The summed E-state index contributed by atoms with van der Waals surface area (Å²) in [6.45, 7) is 5.42. The molecule has 0 heterocycles. The van der Waals surface area contributed by atoms with Gasteiger partial charge in [0.25, 0.3) is 5.91 Å². The molecule has 1 aromatic carbocycles. The Morgan fingerprint density at radius 3 is 2.24 bits per heavy atom. The number of aliphatic carboxylic acids is 1. The molecule has 7 heteroatoms. The van der Waals surface area contributed by atoms with Gasteiger partial charge in [-0.15, -0.1) is 0 Å². The summed E-state index contributed by atoms with van der Waals surface area (Å²) in [6, 6.07) is 5.75. The molecular formula is C18H26N2O5. The highest BCUT2D eigenvalue weighted by Crippen LogP contribution is 2.13. The number of rotatable bonds is 9. The van der Waals surface area contributed by atoms with Gasteiger partial charge in [0, 0.05) is 12.1 Å². The van der Waals surface area contributed by atoms with Crippen molar-refractivity contribution < 1.29 is 24.2 Å². The number of nitrogens with zero attached hydrogens (tertiary/aromatic N) is 1. The lowest BCUT2D eigenvalue weighted by Crippen LogP contribution is -2.52. The zero-order valence-electron chi connectivity index (χ0n) is 15.1. The van der Waals surface area contributed by atoms with Crippen LogP contribution in [0.1, 0.15) is 37.6 Å². The molecule has 0 saturated heterocycles. The lowest BCUT2D eigenvalue weighted by atomic mass is 10.0. The first-order valence-electron chi connectivity index (χ1n) is 8.25. The molecule has 0 aromatic heterocycles. The van der Waals surface area contributed by atoms with Crippen molar-refractivity contribution in [3.05, 3.63) is 29.8 Å². The van der Waals surface area contributed by atoms with E-state index in [4.69, 9.17) is 9.84 Å². The average molecular weight is 350 g/mol. The molecule has 0 saturated carbocycles. The van der Waals surface area contributed by atoms with Crippen LogP contribution in [0.5, 0.6) is 5.75 Å². The molecule has 0 aliphatic heterocycles. The maximum absolute atomic E-state index is 12.7. The van der Waals surface area contributed by atoms with Gasteiger partial charge in [0.2, 0.25) is 5.91 Å². The van der Waals surface area contributed by atoms with E-state index in [2.05, 4.69) is 5.32 Å². The molecule has 0 aliphatic carbocycles. The van der Waals surface area contributed by atoms with Crippen LogP contribution in [0.4, 0.5) is 0 Å². The second-order valence-corrected chi connectivity index (χ2v) is 6.08. The minimum absolute atomic E-state index is 0.178. The molecule has 0 bridgehead atoms. The maximum atomic E-state index is 12.7. The fraction of sp³-hybridized carbons (Fsp3) is 0.500. The molecule has 138 valence electrons. The molecule has 2 N–H and O–H groups in total. The number of benzene rings is 1. The summed E-state index contributed by atoms with van der Waals surface area (Å²) in [5.74, 6) is -1.40. The van der Waals surface area contributed by atoms with Crippen molar-refractivity contribution >= 4 is 17.8 Å². The third-order valence-corrected chi connectivity index (χ3v) is 3.70. The van der Waals surface area contributed by atoms with E-state index >= 15 is 0 Å². The largest absolute Gasteiger partial charge is 0.497 e. The smallest absolute Gasteiger partial charge is 0.323 e. The first kappa shape index (κ1) is 20.5. The molecule has 1 aromatic rings. The van der Waals surface area contributed by atoms with E-state index in [-0.39, 0.29) is 24.3 Å². The van der Waals surface area contributed by atoms with Crippen molar-refractivity contribution in [3.8, 4) is 5.75 Å². The van der Waals surface area contributed by atoms with Crippen LogP contribution in [0.2, 0.25) is 0 Å². The van der Waals surface area contributed by atoms with Gasteiger partial charge in [-0.3, -0.25) is 14.4 Å². The quantitative estimate of drug-likeness (QED) is 0.708. The Morgan fingerprint density at radius 1 is 1.20 bits per heavy atom. The Bertz CT molecular complexity index is 598. The van der Waals surface area contributed by atoms with E-state index in [1.807, 2.05) is 20.8 Å². The average Bonchev–Trinajstić information content (AvgIpc) is 2.58. The van der Waals surface area contributed by atoms with Crippen LogP contribution >= 0.6 is 0 Å². The number of carbonyl (C=O) groups excluding carboxylic acids is 2. The molecule has 1 rings (SSSR count). The Labute approximate surface area is 148 Å². The van der Waals surface area contributed by atoms with Gasteiger partial charge in [-0.05, 0) is 36.6 Å². The van der Waals surface area contributed by atoms with Crippen LogP contribution in [0.25, 0.3) is 0 Å². The standard InChI is InChI=1S/C18H26N2O5/c1-5-10-20(11-15(21)22)18(24)16(12(2)3)19-17(23)13-6-8-14(25-4)9-7-13/h6-9,12,16H,5,10-11H2,1-4H3,(H,19,23)(H,21,22). The number of hydrogen-bond donors (Lipinski definition) is 2. The van der Waals surface area contributed by atoms with Crippen LogP contribution in [0.3, 0.4) is 0 Å². The highest BCUT2D eigenvalue weighted by Gasteiger charge is 2.29. The zero-order valence-corrected chi connectivity index (χ0v) is 15.1. The third-order valence-electron chi connectivity index (χ3n) is 3.70. The van der Waals surface area contributed by atoms with Crippen molar-refractivity contribution in [2.45, 2.75) is 33.2 Å². The first-order valence-corrected chi connectivity index (χ1v) is 8.25. The SMILES string of the molecule is CCCN(CC(=O)O)C(=O)C(NC(=O)c1ccc(OC)cc1)C(C)C. The number of carbonyl (C=O) groups is 3. The lowest BCUT2D eigenvalue weighted by Gasteiger charge is -2.28. The number of amides is 2. The zero-order chi connectivity index (χ0) is 19.0. The predicted molar refractivity (Wildman–Crippen MR) is 93.6 cm³/mol. The topological polar surface area (TPSA) is 95.9 Å². The molecule has 7 nitrogen and oxygen atoms in total. The first-order chi connectivity index (χ1) is 11.8. The van der Waals surface area contributed by atoms with Crippen molar-refractivity contribution in [1.82, 2.24) is 10.2 Å². The summed E-state index contributed by atoms with van der Waals surface area (Å²) >= 11 is 0. The molecule has 0 aliphatic rings. The number of nitrogens with one attached hydrogen (secondary N) is 1. The molecular weight excluding hydrogens is 324 g/mol. The molecule has 2 amide bonds. The highest BCUT2D eigenvalue weighted by atomic mass is 16.5. The minimum atomic E-state index is -1.08. The number of carboxylic acids is 1. The number of carboxylic acid groups (broad SMARTS) is 1. The van der Waals surface area contributed by atoms with E-state index in [1.54, 1.807) is 24.3 Å². The van der Waals surface area contributed by atoms with Crippen molar-refractivity contribution in [2.24, 2.45) is 5.92 Å². The van der Waals surface area contributed by atoms with Gasteiger partial charge in [0.1, 0.15) is 18.3 Å². The maximum Gasteiger partial charge on any atom is 0.323 e. The van der Waals surface area contributed by atoms with Gasteiger partial charge in [-0.25, -0.2) is 0 Å². The summed E-state index contributed by atoms with van der Waals surface area (Å²) in [5.41, 5.74) is 0.402. The summed E-state index contributed by atoms with van der Waals surface area (Å²) in [7, 11) is 1.54. The second-order valence-electron chi connectivity index (χ2n) is 6.08. The van der Waals surface area contributed by atoms with Gasteiger partial charge in [-0.2, -0.15) is 0 Å². The fourth-order valence-electron chi connectivity index (χ4n) is 2.38. The van der Waals surface area contributed by atoms with Crippen molar-refractivity contribution in [1.29, 1.82) is 0 Å². The van der Waals surface area contributed by atoms with Crippen LogP contribution in [0, 0.1) is 5.92 Å². The van der Waals surface area contributed by atoms with Gasteiger partial charge in [0.15, 0.2) is 0 Å². The van der Waals surface area contributed by atoms with Crippen LogP contribution in [-0.2, 0) is 9.59 Å². The van der Waals surface area contributed by atoms with Crippen molar-refractivity contribution in [3.63, 3.8) is 0 Å². The van der Waals surface area contributed by atoms with E-state index in [1.165, 1.54) is 12.0 Å². The van der Waals surface area contributed by atoms with E-state index in [0.29, 0.717) is 24.3 Å². The lowest BCUT2D eigenvalue weighted by molar-refractivity contribution is -0.145. The predicted octanol–water partition coefficient (Wildman–Crippen LogP) is 1.77. The van der Waals surface area contributed by atoms with Crippen LogP contribution in [-0.4, -0.2) is 54.0 Å². The highest BCUT2D eigenvalue weighted by molar-refractivity contribution is 5.98. The van der Waals surface area contributed by atoms with Gasteiger partial charge in [-0.1, -0.05) is 20.8 Å². The Balaban J connectivity index is 2.91. The van der Waals surface area contributed by atoms with Gasteiger partial charge in [0.05, 0.1) is 7.11 Å². The van der Waals surface area contributed by atoms with E-state index in [0.717, 1.165) is 0 Å². The monoisotopic (exact) mass is 350 g/mol. The molecule has 1 atom stereocenters. The fourth-order valence-corrected chi connectivity index (χ4v) is 2.38. The summed E-state index contributed by atoms with van der Waals surface area (Å²) in [6.07, 6.45) is 0.635. The number of hydrogen-bond acceptors (Lipinski definition) is 4. The Hall–Kier alpha value is -2.57. The van der Waals surface area contributed by atoms with Crippen molar-refractivity contribution in [2.75, 3.05) is 20.2 Å². The molecule has 0 fully saturated rings. The number of methoxy groups -OCH3 is 1. The molecule has 0 radical (unpaired) electrons. The van der Waals surface area contributed by atoms with E-state index < -0.39 is 12.0 Å². The van der Waals surface area contributed by atoms with Crippen LogP contribution in [0.15, 0.2) is 24.3 Å². The second kappa shape index (κ2) is 9.66. The third kappa shape index (κ3) is 6.10. The molecule has 0 spiro atoms. The molecule has 25 heavy (non-hydrogen) atoms. The summed E-state index contributed by atoms with van der Waals surface area (Å²) in [4.78, 5) is 37.4. The van der Waals surface area contributed by atoms with Gasteiger partial charge >= 0.3 is 5.97 Å². The number of ether oxygens (including phenoxy) is 1. The van der Waals surface area contributed by atoms with Crippen LogP contribution < -0.4 is 10.1 Å². The minimum Gasteiger partial charge on any atom is -0.497 e. The summed E-state index contributed by atoms with van der Waals surface area (Å²) < 4.78 is 5.05. The Kier molecular flexibility index (Phi) is 7.91. The normalized spacial score (nSPS) is 11.7. The van der Waals surface area contributed by atoms with Gasteiger partial charge < -0.3 is 20.1 Å².